The van der Waals surface area contributed by atoms with Gasteiger partial charge >= 0.3 is 0 Å². The number of nitrogen functional groups attached to an aromatic ring is 1. The predicted octanol–water partition coefficient (Wildman–Crippen LogP) is 2.74. The molecule has 0 radical (unpaired) electrons. The number of nitrogens with two attached hydrogens (primary N) is 1. The standard InChI is InChI=1S/C15H16ClFN4O/c1-9-6-10(2-3-11(9)17)12-7-21(4-5-22-12)15-13(16)14(18)19-8-20-15/h2-3,6,8,12H,4-5,7H2,1H3,(H2,18,19,20). The number of aromatic nitrogens is 2. The molecule has 1 aliphatic heterocycles. The van der Waals surface area contributed by atoms with Crippen LogP contribution in [-0.2, 0) is 4.74 Å². The van der Waals surface area contributed by atoms with Crippen LogP contribution >= 0.6 is 11.6 Å². The van der Waals surface area contributed by atoms with Crippen LogP contribution in [0.15, 0.2) is 24.5 Å². The van der Waals surface area contributed by atoms with Gasteiger partial charge in [-0.15, -0.1) is 0 Å². The maximum atomic E-state index is 13.4. The summed E-state index contributed by atoms with van der Waals surface area (Å²) in [5, 5.41) is 0.346. The zero-order valence-electron chi connectivity index (χ0n) is 12.1. The van der Waals surface area contributed by atoms with Gasteiger partial charge in [-0.2, -0.15) is 0 Å². The summed E-state index contributed by atoms with van der Waals surface area (Å²) in [5.74, 6) is 0.636. The van der Waals surface area contributed by atoms with E-state index in [0.717, 1.165) is 5.56 Å². The Kier molecular flexibility index (Phi) is 4.13. The second-order valence-electron chi connectivity index (χ2n) is 5.21. The van der Waals surface area contributed by atoms with Crippen molar-refractivity contribution in [2.75, 3.05) is 30.3 Å². The number of halogens is 2. The lowest BCUT2D eigenvalue weighted by Crippen LogP contribution is -2.39. The molecule has 0 spiro atoms. The van der Waals surface area contributed by atoms with E-state index in [4.69, 9.17) is 22.1 Å². The molecule has 0 bridgehead atoms. The topological polar surface area (TPSA) is 64.3 Å². The van der Waals surface area contributed by atoms with Gasteiger partial charge in [-0.05, 0) is 24.1 Å². The summed E-state index contributed by atoms with van der Waals surface area (Å²) in [7, 11) is 0. The molecule has 116 valence electrons. The normalized spacial score (nSPS) is 18.5. The van der Waals surface area contributed by atoms with Gasteiger partial charge in [0.1, 0.15) is 29.1 Å². The lowest BCUT2D eigenvalue weighted by molar-refractivity contribution is 0.0394. The van der Waals surface area contributed by atoms with Gasteiger partial charge in [0.2, 0.25) is 0 Å². The van der Waals surface area contributed by atoms with Gasteiger partial charge in [0.05, 0.1) is 6.61 Å². The first kappa shape index (κ1) is 15.0. The number of aryl methyl sites for hydroxylation is 1. The summed E-state index contributed by atoms with van der Waals surface area (Å²) < 4.78 is 19.2. The lowest BCUT2D eigenvalue weighted by Gasteiger charge is -2.34. The molecule has 2 N–H and O–H groups in total. The first-order valence-electron chi connectivity index (χ1n) is 6.95. The molecule has 1 aromatic heterocycles. The summed E-state index contributed by atoms with van der Waals surface area (Å²) in [6, 6.07) is 5.01. The quantitative estimate of drug-likeness (QED) is 0.921. The summed E-state index contributed by atoms with van der Waals surface area (Å²) >= 11 is 6.18. The second kappa shape index (κ2) is 6.06. The monoisotopic (exact) mass is 322 g/mol. The molecule has 0 amide bonds. The van der Waals surface area contributed by atoms with Crippen LogP contribution in [0.4, 0.5) is 16.0 Å². The number of hydrogen-bond acceptors (Lipinski definition) is 5. The predicted molar refractivity (Wildman–Crippen MR) is 83.5 cm³/mol. The number of benzene rings is 1. The van der Waals surface area contributed by atoms with Gasteiger partial charge in [-0.3, -0.25) is 0 Å². The van der Waals surface area contributed by atoms with Gasteiger partial charge in [-0.25, -0.2) is 14.4 Å². The van der Waals surface area contributed by atoms with E-state index in [2.05, 4.69) is 9.97 Å². The third-order valence-corrected chi connectivity index (χ3v) is 4.08. The van der Waals surface area contributed by atoms with Crippen molar-refractivity contribution >= 4 is 23.2 Å². The van der Waals surface area contributed by atoms with Crippen LogP contribution in [0.5, 0.6) is 0 Å². The van der Waals surface area contributed by atoms with Gasteiger partial charge < -0.3 is 15.4 Å². The molecule has 3 rings (SSSR count). The Morgan fingerprint density at radius 3 is 3.00 bits per heavy atom. The fourth-order valence-electron chi connectivity index (χ4n) is 2.51. The van der Waals surface area contributed by atoms with Crippen LogP contribution in [0, 0.1) is 12.7 Å². The van der Waals surface area contributed by atoms with E-state index in [9.17, 15) is 4.39 Å². The highest BCUT2D eigenvalue weighted by molar-refractivity contribution is 6.35. The molecule has 22 heavy (non-hydrogen) atoms. The molecule has 1 saturated heterocycles. The van der Waals surface area contributed by atoms with Crippen molar-refractivity contribution in [3.8, 4) is 0 Å². The zero-order chi connectivity index (χ0) is 15.7. The molecule has 1 atom stereocenters. The number of anilines is 2. The third kappa shape index (κ3) is 2.84. The number of rotatable bonds is 2. The Morgan fingerprint density at radius 2 is 2.23 bits per heavy atom. The third-order valence-electron chi connectivity index (χ3n) is 3.72. The van der Waals surface area contributed by atoms with Crippen LogP contribution < -0.4 is 10.6 Å². The molecular formula is C15H16ClFN4O. The van der Waals surface area contributed by atoms with Crippen molar-refractivity contribution < 1.29 is 9.13 Å². The Hall–Kier alpha value is -1.92. The average molecular weight is 323 g/mol. The van der Waals surface area contributed by atoms with Gasteiger partial charge in [0, 0.05) is 13.1 Å². The highest BCUT2D eigenvalue weighted by atomic mass is 35.5. The fourth-order valence-corrected chi connectivity index (χ4v) is 2.72. The minimum absolute atomic E-state index is 0.166. The van der Waals surface area contributed by atoms with Crippen LogP contribution in [0.1, 0.15) is 17.2 Å². The fraction of sp³-hybridized carbons (Fsp3) is 0.333. The summed E-state index contributed by atoms with van der Waals surface area (Å²) in [5.41, 5.74) is 7.26. The maximum absolute atomic E-state index is 13.4. The highest BCUT2D eigenvalue weighted by Crippen LogP contribution is 2.31. The number of morpholine rings is 1. The average Bonchev–Trinajstić information content (AvgIpc) is 2.53. The number of hydrogen-bond donors (Lipinski definition) is 1. The molecule has 1 fully saturated rings. The molecule has 1 unspecified atom stereocenters. The van der Waals surface area contributed by atoms with Gasteiger partial charge in [-0.1, -0.05) is 23.7 Å². The van der Waals surface area contributed by atoms with Gasteiger partial charge in [0.25, 0.3) is 0 Å². The Balaban J connectivity index is 1.85. The smallest absolute Gasteiger partial charge is 0.153 e. The van der Waals surface area contributed by atoms with E-state index in [1.165, 1.54) is 12.4 Å². The molecule has 5 nitrogen and oxygen atoms in total. The van der Waals surface area contributed by atoms with Crippen molar-refractivity contribution in [1.29, 1.82) is 0 Å². The summed E-state index contributed by atoms with van der Waals surface area (Å²) in [6.07, 6.45) is 1.23. The minimum atomic E-state index is -0.219. The molecule has 1 aliphatic rings. The van der Waals surface area contributed by atoms with E-state index < -0.39 is 0 Å². The molecule has 2 heterocycles. The van der Waals surface area contributed by atoms with E-state index in [-0.39, 0.29) is 17.7 Å². The minimum Gasteiger partial charge on any atom is -0.382 e. The van der Waals surface area contributed by atoms with E-state index in [0.29, 0.717) is 36.1 Å². The van der Waals surface area contributed by atoms with Crippen molar-refractivity contribution in [2.45, 2.75) is 13.0 Å². The summed E-state index contributed by atoms with van der Waals surface area (Å²) in [6.45, 7) is 3.50. The first-order valence-corrected chi connectivity index (χ1v) is 7.32. The van der Waals surface area contributed by atoms with Crippen LogP contribution in [-0.4, -0.2) is 29.7 Å². The SMILES string of the molecule is Cc1cc(C2CN(c3ncnc(N)c3Cl)CCO2)ccc1F. The largest absolute Gasteiger partial charge is 0.382 e. The maximum Gasteiger partial charge on any atom is 0.153 e. The zero-order valence-corrected chi connectivity index (χ0v) is 12.8. The van der Waals surface area contributed by atoms with Crippen LogP contribution in [0.3, 0.4) is 0 Å². The summed E-state index contributed by atoms with van der Waals surface area (Å²) in [4.78, 5) is 10.1. The molecule has 2 aromatic rings. The Bertz CT molecular complexity index is 697. The van der Waals surface area contributed by atoms with Crippen LogP contribution in [0.2, 0.25) is 5.02 Å². The van der Waals surface area contributed by atoms with Crippen LogP contribution in [0.25, 0.3) is 0 Å². The van der Waals surface area contributed by atoms with Gasteiger partial charge in [0.15, 0.2) is 5.82 Å². The highest BCUT2D eigenvalue weighted by Gasteiger charge is 2.25. The van der Waals surface area contributed by atoms with E-state index in [1.54, 1.807) is 19.1 Å². The molecular weight excluding hydrogens is 307 g/mol. The van der Waals surface area contributed by atoms with Crippen molar-refractivity contribution in [2.24, 2.45) is 0 Å². The first-order chi connectivity index (χ1) is 10.6. The molecule has 0 saturated carbocycles. The molecule has 1 aromatic carbocycles. The lowest BCUT2D eigenvalue weighted by atomic mass is 10.0. The van der Waals surface area contributed by atoms with E-state index >= 15 is 0 Å². The second-order valence-corrected chi connectivity index (χ2v) is 5.59. The number of ether oxygens (including phenoxy) is 1. The number of nitrogens with zero attached hydrogens (tertiary/aromatic N) is 3. The molecule has 0 aliphatic carbocycles. The Labute approximate surface area is 132 Å². The van der Waals surface area contributed by atoms with E-state index in [1.807, 2.05) is 4.90 Å². The molecule has 7 heteroatoms. The van der Waals surface area contributed by atoms with Crippen molar-refractivity contribution in [1.82, 2.24) is 9.97 Å². The van der Waals surface area contributed by atoms with Crippen molar-refractivity contribution in [3.63, 3.8) is 0 Å². The Morgan fingerprint density at radius 1 is 1.41 bits per heavy atom. The van der Waals surface area contributed by atoms with Crippen molar-refractivity contribution in [3.05, 3.63) is 46.5 Å².